The lowest BCUT2D eigenvalue weighted by atomic mass is 10.2. The van der Waals surface area contributed by atoms with Gasteiger partial charge in [-0.05, 0) is 41.6 Å². The van der Waals surface area contributed by atoms with Gasteiger partial charge in [-0.2, -0.15) is 18.3 Å². The lowest BCUT2D eigenvalue weighted by molar-refractivity contribution is -0.143. The molecule has 4 nitrogen and oxygen atoms in total. The molecular weight excluding hydrogens is 327 g/mol. The molecule has 1 heterocycles. The zero-order valence-electron chi connectivity index (χ0n) is 10.2. The summed E-state index contributed by atoms with van der Waals surface area (Å²) in [4.78, 5) is 11.7. The van der Waals surface area contributed by atoms with Gasteiger partial charge >= 0.3 is 6.18 Å². The number of hydrogen-bond acceptors (Lipinski definition) is 3. The highest BCUT2D eigenvalue weighted by atomic mass is 79.9. The highest BCUT2D eigenvalue weighted by molar-refractivity contribution is 9.10. The number of halogens is 4. The van der Waals surface area contributed by atoms with Crippen LogP contribution in [0.5, 0.6) is 0 Å². The molecule has 1 N–H and O–H groups in total. The number of aromatic nitrogens is 2. The van der Waals surface area contributed by atoms with E-state index in [1.54, 1.807) is 0 Å². The van der Waals surface area contributed by atoms with Gasteiger partial charge in [0.25, 0.3) is 5.56 Å². The van der Waals surface area contributed by atoms with Crippen LogP contribution in [0.2, 0.25) is 0 Å². The van der Waals surface area contributed by atoms with Crippen molar-refractivity contribution in [1.82, 2.24) is 9.78 Å². The van der Waals surface area contributed by atoms with Gasteiger partial charge in [-0.1, -0.05) is 0 Å². The maximum atomic E-state index is 12.2. The number of rotatable bonds is 4. The van der Waals surface area contributed by atoms with Gasteiger partial charge in [0, 0.05) is 6.04 Å². The van der Waals surface area contributed by atoms with Crippen molar-refractivity contribution in [3.8, 4) is 0 Å². The van der Waals surface area contributed by atoms with Crippen molar-refractivity contribution < 1.29 is 13.2 Å². The Morgan fingerprint density at radius 1 is 1.58 bits per heavy atom. The average Bonchev–Trinajstić information content (AvgIpc) is 3.11. The third kappa shape index (κ3) is 3.71. The predicted octanol–water partition coefficient (Wildman–Crippen LogP) is 2.78. The van der Waals surface area contributed by atoms with E-state index in [2.05, 4.69) is 26.3 Å². The summed E-state index contributed by atoms with van der Waals surface area (Å²) in [6, 6.07) is 0.177. The fraction of sp³-hybridized carbons (Fsp3) is 0.636. The molecule has 1 aromatic rings. The first-order chi connectivity index (χ1) is 8.78. The van der Waals surface area contributed by atoms with Crippen LogP contribution in [0.1, 0.15) is 19.8 Å². The molecule has 0 spiro atoms. The summed E-state index contributed by atoms with van der Waals surface area (Å²) in [6.45, 7) is 0.592. The van der Waals surface area contributed by atoms with Crippen LogP contribution in [0.25, 0.3) is 0 Å². The maximum Gasteiger partial charge on any atom is 0.408 e. The van der Waals surface area contributed by atoms with Gasteiger partial charge in [-0.25, -0.2) is 4.68 Å². The molecule has 0 bridgehead atoms. The SMILES string of the molecule is CC(Nc1cnn(CC(F)(F)F)c(=O)c1Br)C1CC1. The molecule has 0 amide bonds. The van der Waals surface area contributed by atoms with Gasteiger partial charge in [0.2, 0.25) is 0 Å². The number of nitrogens with one attached hydrogen (secondary N) is 1. The van der Waals surface area contributed by atoms with Gasteiger partial charge in [-0.15, -0.1) is 0 Å². The van der Waals surface area contributed by atoms with Crippen LogP contribution in [0.3, 0.4) is 0 Å². The highest BCUT2D eigenvalue weighted by Crippen LogP contribution is 2.34. The van der Waals surface area contributed by atoms with Crippen molar-refractivity contribution in [2.24, 2.45) is 5.92 Å². The molecule has 1 aromatic heterocycles. The summed E-state index contributed by atoms with van der Waals surface area (Å²) < 4.78 is 37.2. The number of anilines is 1. The van der Waals surface area contributed by atoms with Crippen LogP contribution in [0.15, 0.2) is 15.5 Å². The minimum atomic E-state index is -4.47. The van der Waals surface area contributed by atoms with Crippen molar-refractivity contribution in [3.05, 3.63) is 21.0 Å². The molecule has 1 saturated carbocycles. The standard InChI is InChI=1S/C11H13BrF3N3O/c1-6(7-2-3-7)17-8-4-16-18(5-11(13,14)15)10(19)9(8)12/h4,6-7,17H,2-3,5H2,1H3. The molecule has 1 aliphatic carbocycles. The smallest absolute Gasteiger partial charge is 0.380 e. The number of nitrogens with zero attached hydrogens (tertiary/aromatic N) is 2. The van der Waals surface area contributed by atoms with E-state index in [0.717, 1.165) is 12.8 Å². The van der Waals surface area contributed by atoms with E-state index in [1.165, 1.54) is 6.20 Å². The fourth-order valence-electron chi connectivity index (χ4n) is 1.81. The van der Waals surface area contributed by atoms with E-state index < -0.39 is 18.3 Å². The van der Waals surface area contributed by atoms with Crippen LogP contribution in [-0.4, -0.2) is 22.0 Å². The first kappa shape index (κ1) is 14.4. The second-order valence-corrected chi connectivity index (χ2v) is 5.51. The molecule has 19 heavy (non-hydrogen) atoms. The molecule has 1 unspecified atom stereocenters. The van der Waals surface area contributed by atoms with Crippen LogP contribution >= 0.6 is 15.9 Å². The molecule has 1 atom stereocenters. The Bertz CT molecular complexity index is 525. The average molecular weight is 340 g/mol. The second kappa shape index (κ2) is 5.15. The summed E-state index contributed by atoms with van der Waals surface area (Å²) in [5.74, 6) is 0.560. The molecule has 0 aliphatic heterocycles. The first-order valence-corrected chi connectivity index (χ1v) is 6.66. The molecule has 2 rings (SSSR count). The van der Waals surface area contributed by atoms with Gasteiger partial charge in [-0.3, -0.25) is 4.79 Å². The Balaban J connectivity index is 2.19. The van der Waals surface area contributed by atoms with Crippen molar-refractivity contribution in [2.75, 3.05) is 5.32 Å². The van der Waals surface area contributed by atoms with E-state index in [0.29, 0.717) is 16.3 Å². The van der Waals surface area contributed by atoms with Gasteiger partial charge in [0.1, 0.15) is 11.0 Å². The van der Waals surface area contributed by atoms with E-state index >= 15 is 0 Å². The molecule has 0 radical (unpaired) electrons. The zero-order chi connectivity index (χ0) is 14.2. The molecular formula is C11H13BrF3N3O. The normalized spacial score (nSPS) is 17.3. The molecule has 1 aliphatic rings. The first-order valence-electron chi connectivity index (χ1n) is 5.87. The highest BCUT2D eigenvalue weighted by Gasteiger charge is 2.31. The zero-order valence-corrected chi connectivity index (χ0v) is 11.8. The number of alkyl halides is 3. The van der Waals surface area contributed by atoms with E-state index in [4.69, 9.17) is 0 Å². The lowest BCUT2D eigenvalue weighted by Gasteiger charge is -2.16. The quantitative estimate of drug-likeness (QED) is 0.917. The molecule has 8 heteroatoms. The van der Waals surface area contributed by atoms with Crippen LogP contribution < -0.4 is 10.9 Å². The van der Waals surface area contributed by atoms with Crippen molar-refractivity contribution in [1.29, 1.82) is 0 Å². The maximum absolute atomic E-state index is 12.2. The molecule has 0 aromatic carbocycles. The Hall–Kier alpha value is -1.05. The number of hydrogen-bond donors (Lipinski definition) is 1. The second-order valence-electron chi connectivity index (χ2n) is 4.72. The third-order valence-corrected chi connectivity index (χ3v) is 3.79. The van der Waals surface area contributed by atoms with Crippen molar-refractivity contribution in [2.45, 2.75) is 38.5 Å². The summed E-state index contributed by atoms with van der Waals surface area (Å²) in [5.41, 5.74) is -0.354. The summed E-state index contributed by atoms with van der Waals surface area (Å²) in [5, 5.41) is 6.65. The van der Waals surface area contributed by atoms with Crippen LogP contribution in [-0.2, 0) is 6.54 Å². The molecule has 106 valence electrons. The van der Waals surface area contributed by atoms with Crippen molar-refractivity contribution in [3.63, 3.8) is 0 Å². The Morgan fingerprint density at radius 2 is 2.21 bits per heavy atom. The molecule has 1 fully saturated rings. The van der Waals surface area contributed by atoms with E-state index in [9.17, 15) is 18.0 Å². The third-order valence-electron chi connectivity index (χ3n) is 3.03. The lowest BCUT2D eigenvalue weighted by Crippen LogP contribution is -2.31. The predicted molar refractivity (Wildman–Crippen MR) is 68.1 cm³/mol. The Labute approximate surface area is 116 Å². The summed E-state index contributed by atoms with van der Waals surface area (Å²) in [6.07, 6.45) is -0.961. The fourth-order valence-corrected chi connectivity index (χ4v) is 2.23. The van der Waals surface area contributed by atoms with Gasteiger partial charge in [0.05, 0.1) is 11.9 Å². The minimum Gasteiger partial charge on any atom is -0.380 e. The van der Waals surface area contributed by atoms with E-state index in [1.807, 2.05) is 6.92 Å². The molecule has 0 saturated heterocycles. The Morgan fingerprint density at radius 3 is 2.74 bits per heavy atom. The van der Waals surface area contributed by atoms with Crippen molar-refractivity contribution >= 4 is 21.6 Å². The monoisotopic (exact) mass is 339 g/mol. The minimum absolute atomic E-state index is 0.0826. The van der Waals surface area contributed by atoms with E-state index in [-0.39, 0.29) is 10.5 Å². The summed E-state index contributed by atoms with van der Waals surface area (Å²) in [7, 11) is 0. The van der Waals surface area contributed by atoms with Gasteiger partial charge < -0.3 is 5.32 Å². The summed E-state index contributed by atoms with van der Waals surface area (Å²) >= 11 is 3.03. The van der Waals surface area contributed by atoms with Crippen LogP contribution in [0, 0.1) is 5.92 Å². The largest absolute Gasteiger partial charge is 0.408 e. The topological polar surface area (TPSA) is 46.9 Å². The Kier molecular flexibility index (Phi) is 3.89. The van der Waals surface area contributed by atoms with Gasteiger partial charge in [0.15, 0.2) is 0 Å². The van der Waals surface area contributed by atoms with Crippen LogP contribution in [0.4, 0.5) is 18.9 Å².